The van der Waals surface area contributed by atoms with Crippen molar-refractivity contribution in [3.8, 4) is 0 Å². The van der Waals surface area contributed by atoms with E-state index in [1.54, 1.807) is 13.1 Å². The van der Waals surface area contributed by atoms with Crippen LogP contribution in [0.3, 0.4) is 0 Å². The highest BCUT2D eigenvalue weighted by molar-refractivity contribution is 6.42. The Morgan fingerprint density at radius 2 is 1.72 bits per heavy atom. The van der Waals surface area contributed by atoms with Crippen LogP contribution in [0.5, 0.6) is 0 Å². The average Bonchev–Trinajstić information content (AvgIpc) is 2.84. The summed E-state index contributed by atoms with van der Waals surface area (Å²) in [4.78, 5) is 14.6. The van der Waals surface area contributed by atoms with Crippen molar-refractivity contribution in [2.75, 3.05) is 26.7 Å². The minimum atomic E-state index is -0.148. The van der Waals surface area contributed by atoms with Crippen LogP contribution in [-0.4, -0.2) is 37.5 Å². The van der Waals surface area contributed by atoms with Gasteiger partial charge >= 0.3 is 0 Å². The summed E-state index contributed by atoms with van der Waals surface area (Å²) < 4.78 is 0. The second-order valence-electron chi connectivity index (χ2n) is 8.38. The smallest absolute Gasteiger partial charge is 0.227 e. The standard InChI is InChI=1S/C14H19Cl2NO.C13H19N/c1-4-6-11(14(18)17-3)10-7-8-12(15)13(16)9(10)5-2;1-3-7-13(8-4-1)9-12-14-10-5-2-6-11-14/h7-8,11H,4-6H2,1-3H3,(H,17,18);1,3-4,7-8H,2,5-6,9-12H2. The molecule has 0 bridgehead atoms. The van der Waals surface area contributed by atoms with E-state index in [0.29, 0.717) is 10.0 Å². The van der Waals surface area contributed by atoms with E-state index in [9.17, 15) is 4.79 Å². The van der Waals surface area contributed by atoms with Gasteiger partial charge < -0.3 is 10.2 Å². The highest BCUT2D eigenvalue weighted by atomic mass is 35.5. The monoisotopic (exact) mass is 476 g/mol. The van der Waals surface area contributed by atoms with Crippen molar-refractivity contribution in [3.63, 3.8) is 0 Å². The van der Waals surface area contributed by atoms with E-state index >= 15 is 0 Å². The van der Waals surface area contributed by atoms with Crippen molar-refractivity contribution < 1.29 is 4.79 Å². The third kappa shape index (κ3) is 8.10. The first-order valence-corrected chi connectivity index (χ1v) is 12.7. The SMILES string of the molecule is CCCC(C(=O)NC)c1ccc(Cl)c(Cl)c1CC.c1ccc(CCN2CCCCC2)cc1. The lowest BCUT2D eigenvalue weighted by Crippen LogP contribution is -2.31. The number of carbonyl (C=O) groups excluding carboxylic acids is 1. The maximum atomic E-state index is 12.0. The summed E-state index contributed by atoms with van der Waals surface area (Å²) in [5.41, 5.74) is 3.44. The van der Waals surface area contributed by atoms with Crippen molar-refractivity contribution in [1.82, 2.24) is 10.2 Å². The Labute approximate surface area is 204 Å². The molecule has 5 heteroatoms. The van der Waals surface area contributed by atoms with Gasteiger partial charge in [0.15, 0.2) is 0 Å². The molecule has 0 spiro atoms. The largest absolute Gasteiger partial charge is 0.359 e. The maximum Gasteiger partial charge on any atom is 0.227 e. The Hall–Kier alpha value is -1.55. The molecule has 1 N–H and O–H groups in total. The molecule has 2 aromatic carbocycles. The number of likely N-dealkylation sites (tertiary alicyclic amines) is 1. The average molecular weight is 478 g/mol. The van der Waals surface area contributed by atoms with Crippen molar-refractivity contribution in [3.05, 3.63) is 69.2 Å². The van der Waals surface area contributed by atoms with Gasteiger partial charge in [0, 0.05) is 13.6 Å². The van der Waals surface area contributed by atoms with Crippen LogP contribution in [0, 0.1) is 0 Å². The summed E-state index contributed by atoms with van der Waals surface area (Å²) in [5, 5.41) is 3.84. The molecular weight excluding hydrogens is 439 g/mol. The second kappa shape index (κ2) is 14.6. The molecule has 1 atom stereocenters. The number of piperidine rings is 1. The third-order valence-electron chi connectivity index (χ3n) is 6.11. The Morgan fingerprint density at radius 3 is 2.31 bits per heavy atom. The zero-order valence-corrected chi connectivity index (χ0v) is 21.3. The van der Waals surface area contributed by atoms with Crippen LogP contribution in [-0.2, 0) is 17.6 Å². The Kier molecular flexibility index (Phi) is 12.2. The molecule has 2 aromatic rings. The van der Waals surface area contributed by atoms with Crippen LogP contribution in [0.1, 0.15) is 68.6 Å². The van der Waals surface area contributed by atoms with Crippen molar-refractivity contribution >= 4 is 29.1 Å². The lowest BCUT2D eigenvalue weighted by molar-refractivity contribution is -0.122. The molecule has 1 heterocycles. The first kappa shape index (κ1) is 26.7. The van der Waals surface area contributed by atoms with Crippen LogP contribution >= 0.6 is 23.2 Å². The fourth-order valence-electron chi connectivity index (χ4n) is 4.30. The zero-order chi connectivity index (χ0) is 23.3. The van der Waals surface area contributed by atoms with E-state index < -0.39 is 0 Å². The Bertz CT molecular complexity index is 820. The van der Waals surface area contributed by atoms with Crippen LogP contribution in [0.2, 0.25) is 10.0 Å². The highest BCUT2D eigenvalue weighted by Crippen LogP contribution is 2.34. The molecule has 3 rings (SSSR count). The normalized spacial score (nSPS) is 14.9. The van der Waals surface area contributed by atoms with Crippen molar-refractivity contribution in [1.29, 1.82) is 0 Å². The minimum absolute atomic E-state index is 0.0324. The van der Waals surface area contributed by atoms with Crippen molar-refractivity contribution in [2.24, 2.45) is 0 Å². The third-order valence-corrected chi connectivity index (χ3v) is 6.95. The maximum absolute atomic E-state index is 12.0. The molecule has 176 valence electrons. The van der Waals surface area contributed by atoms with Crippen LogP contribution in [0.4, 0.5) is 0 Å². The molecule has 0 saturated carbocycles. The van der Waals surface area contributed by atoms with Gasteiger partial charge in [-0.25, -0.2) is 0 Å². The van der Waals surface area contributed by atoms with Gasteiger partial charge in [0.25, 0.3) is 0 Å². The lowest BCUT2D eigenvalue weighted by Gasteiger charge is -2.26. The number of nitrogens with one attached hydrogen (secondary N) is 1. The molecule has 32 heavy (non-hydrogen) atoms. The number of halogens is 2. The van der Waals surface area contributed by atoms with E-state index in [1.165, 1.54) is 50.9 Å². The van der Waals surface area contributed by atoms with E-state index in [4.69, 9.17) is 23.2 Å². The van der Waals surface area contributed by atoms with Gasteiger partial charge in [-0.2, -0.15) is 0 Å². The second-order valence-corrected chi connectivity index (χ2v) is 9.16. The molecule has 1 aliphatic rings. The van der Waals surface area contributed by atoms with Gasteiger partial charge in [-0.3, -0.25) is 4.79 Å². The summed E-state index contributed by atoms with van der Waals surface area (Å²) in [6.07, 6.45) is 7.96. The van der Waals surface area contributed by atoms with E-state index in [0.717, 1.165) is 30.4 Å². The molecule has 1 saturated heterocycles. The predicted octanol–water partition coefficient (Wildman–Crippen LogP) is 6.90. The van der Waals surface area contributed by atoms with Gasteiger partial charge in [-0.1, -0.05) is 86.3 Å². The number of hydrogen-bond acceptors (Lipinski definition) is 2. The fraction of sp³-hybridized carbons (Fsp3) is 0.519. The molecule has 0 aliphatic carbocycles. The van der Waals surface area contributed by atoms with E-state index in [2.05, 4.69) is 47.5 Å². The quantitative estimate of drug-likeness (QED) is 0.449. The number of hydrogen-bond donors (Lipinski definition) is 1. The minimum Gasteiger partial charge on any atom is -0.359 e. The Morgan fingerprint density at radius 1 is 1.03 bits per heavy atom. The predicted molar refractivity (Wildman–Crippen MR) is 138 cm³/mol. The zero-order valence-electron chi connectivity index (χ0n) is 19.8. The summed E-state index contributed by atoms with van der Waals surface area (Å²) >= 11 is 12.3. The number of likely N-dealkylation sites (N-methyl/N-ethyl adjacent to an activating group) is 1. The summed E-state index contributed by atoms with van der Waals surface area (Å²) in [6.45, 7) is 7.96. The molecule has 0 radical (unpaired) electrons. The van der Waals surface area contributed by atoms with Gasteiger partial charge in [-0.05, 0) is 68.0 Å². The molecular formula is C27H38Cl2N2O. The Balaban J connectivity index is 0.000000233. The number of nitrogens with zero attached hydrogens (tertiary/aromatic N) is 1. The van der Waals surface area contributed by atoms with Gasteiger partial charge in [0.1, 0.15) is 0 Å². The molecule has 0 aromatic heterocycles. The molecule has 1 amide bonds. The van der Waals surface area contributed by atoms with Crippen LogP contribution in [0.25, 0.3) is 0 Å². The number of amides is 1. The van der Waals surface area contributed by atoms with E-state index in [-0.39, 0.29) is 11.8 Å². The van der Waals surface area contributed by atoms with Gasteiger partial charge in [-0.15, -0.1) is 0 Å². The molecule has 1 unspecified atom stereocenters. The van der Waals surface area contributed by atoms with Crippen molar-refractivity contribution in [2.45, 2.75) is 64.7 Å². The van der Waals surface area contributed by atoms with Gasteiger partial charge in [0.2, 0.25) is 5.91 Å². The highest BCUT2D eigenvalue weighted by Gasteiger charge is 2.23. The fourth-order valence-corrected chi connectivity index (χ4v) is 4.78. The summed E-state index contributed by atoms with van der Waals surface area (Å²) in [7, 11) is 1.66. The van der Waals surface area contributed by atoms with E-state index in [1.807, 2.05) is 13.0 Å². The number of rotatable bonds is 8. The lowest BCUT2D eigenvalue weighted by atomic mass is 9.89. The summed E-state index contributed by atoms with van der Waals surface area (Å²) in [6, 6.07) is 14.5. The van der Waals surface area contributed by atoms with Gasteiger partial charge in [0.05, 0.1) is 16.0 Å². The topological polar surface area (TPSA) is 32.3 Å². The molecule has 3 nitrogen and oxygen atoms in total. The molecule has 1 aliphatic heterocycles. The first-order valence-electron chi connectivity index (χ1n) is 12.0. The molecule has 1 fully saturated rings. The van der Waals surface area contributed by atoms with Crippen LogP contribution in [0.15, 0.2) is 42.5 Å². The first-order chi connectivity index (χ1) is 15.5. The van der Waals surface area contributed by atoms with Crippen LogP contribution < -0.4 is 5.32 Å². The number of carbonyl (C=O) groups is 1. The summed E-state index contributed by atoms with van der Waals surface area (Å²) in [5.74, 6) is -0.116. The number of benzene rings is 2.